The monoisotopic (exact) mass is 655 g/mol. The van der Waals surface area contributed by atoms with Gasteiger partial charge in [-0.3, -0.25) is 9.97 Å². The van der Waals surface area contributed by atoms with Crippen molar-refractivity contribution in [2.75, 3.05) is 0 Å². The third-order valence-electron chi connectivity index (χ3n) is 9.89. The molecule has 5 aromatic carbocycles. The Morgan fingerprint density at radius 3 is 1.65 bits per heavy atom. The first-order valence-corrected chi connectivity index (χ1v) is 16.7. The molecule has 8 nitrogen and oxygen atoms in total. The SMILES string of the molecule is c1ccc(-n2c3ccccc3c3ccc(-c4cc5c(cn4)oc4cnc(-c6ccc7c8nnncc8n(-c8ccccc8)c7c6)cc45)cc32)cc1. The molecule has 51 heavy (non-hydrogen) atoms. The van der Waals surface area contributed by atoms with Gasteiger partial charge in [-0.25, -0.2) is 0 Å². The molecule has 8 heteroatoms. The third-order valence-corrected chi connectivity index (χ3v) is 9.89. The van der Waals surface area contributed by atoms with E-state index >= 15 is 0 Å². The van der Waals surface area contributed by atoms with E-state index in [-0.39, 0.29) is 0 Å². The summed E-state index contributed by atoms with van der Waals surface area (Å²) in [5.41, 5.74) is 12.3. The number of pyridine rings is 2. The highest BCUT2D eigenvalue weighted by Crippen LogP contribution is 2.38. The van der Waals surface area contributed by atoms with E-state index in [1.165, 1.54) is 16.3 Å². The molecule has 0 fully saturated rings. The summed E-state index contributed by atoms with van der Waals surface area (Å²) < 4.78 is 10.8. The van der Waals surface area contributed by atoms with E-state index in [1.54, 1.807) is 12.4 Å². The highest BCUT2D eigenvalue weighted by Gasteiger charge is 2.18. The summed E-state index contributed by atoms with van der Waals surface area (Å²) in [6.07, 6.45) is 5.39. The van der Waals surface area contributed by atoms with E-state index in [4.69, 9.17) is 14.4 Å². The molecule has 6 heterocycles. The number of hydrogen-bond donors (Lipinski definition) is 0. The Morgan fingerprint density at radius 2 is 0.980 bits per heavy atom. The second kappa shape index (κ2) is 10.7. The Hall–Kier alpha value is -7.19. The van der Waals surface area contributed by atoms with Crippen molar-refractivity contribution in [1.82, 2.24) is 34.5 Å². The van der Waals surface area contributed by atoms with Crippen LogP contribution in [0.3, 0.4) is 0 Å². The maximum atomic E-state index is 6.25. The fraction of sp³-hybridized carbons (Fsp3) is 0. The minimum Gasteiger partial charge on any atom is -0.453 e. The summed E-state index contributed by atoms with van der Waals surface area (Å²) in [4.78, 5) is 9.71. The smallest absolute Gasteiger partial charge is 0.153 e. The normalized spacial score (nSPS) is 11.9. The molecular weight excluding hydrogens is 631 g/mol. The fourth-order valence-electron chi connectivity index (χ4n) is 7.57. The van der Waals surface area contributed by atoms with Gasteiger partial charge in [0.25, 0.3) is 0 Å². The molecule has 0 amide bonds. The molecule has 0 spiro atoms. The van der Waals surface area contributed by atoms with Crippen LogP contribution in [0.15, 0.2) is 156 Å². The quantitative estimate of drug-likeness (QED) is 0.188. The first-order chi connectivity index (χ1) is 25.3. The number of aromatic nitrogens is 7. The highest BCUT2D eigenvalue weighted by atomic mass is 16.3. The summed E-state index contributed by atoms with van der Waals surface area (Å²) in [5, 5.41) is 17.8. The van der Waals surface area contributed by atoms with Crippen LogP contribution in [0.2, 0.25) is 0 Å². The summed E-state index contributed by atoms with van der Waals surface area (Å²) in [5.74, 6) is 0. The summed E-state index contributed by atoms with van der Waals surface area (Å²) in [6.45, 7) is 0. The standard InChI is InChI=1S/C43H25N7O/c1-3-9-28(10-4-1)49-37-14-8-7-13-30(37)31-17-15-26(19-38(31)49)35-21-33-34-22-36(45-25-42(34)51-41(33)24-44-35)27-16-18-32-39(20-27)50(29-11-5-2-6-12-29)40-23-46-48-47-43(32)40/h1-25H. The van der Waals surface area contributed by atoms with Gasteiger partial charge in [-0.05, 0) is 65.9 Å². The van der Waals surface area contributed by atoms with Crippen LogP contribution < -0.4 is 0 Å². The van der Waals surface area contributed by atoms with Crippen molar-refractivity contribution in [3.63, 3.8) is 0 Å². The molecule has 0 unspecified atom stereocenters. The van der Waals surface area contributed by atoms with E-state index in [0.717, 1.165) is 77.7 Å². The average molecular weight is 656 g/mol. The lowest BCUT2D eigenvalue weighted by Gasteiger charge is -2.08. The van der Waals surface area contributed by atoms with Gasteiger partial charge in [-0.15, -0.1) is 10.2 Å². The van der Waals surface area contributed by atoms with Crippen molar-refractivity contribution in [2.45, 2.75) is 0 Å². The molecule has 0 aliphatic carbocycles. The van der Waals surface area contributed by atoms with Gasteiger partial charge >= 0.3 is 0 Å². The van der Waals surface area contributed by atoms with Crippen LogP contribution in [0.1, 0.15) is 0 Å². The minimum absolute atomic E-state index is 0.716. The Labute approximate surface area is 289 Å². The lowest BCUT2D eigenvalue weighted by atomic mass is 10.0. The topological polar surface area (TPSA) is 87.4 Å². The molecule has 6 aromatic heterocycles. The number of para-hydroxylation sites is 3. The molecule has 11 rings (SSSR count). The number of fused-ring (bicyclic) bond motifs is 9. The predicted octanol–water partition coefficient (Wildman–Crippen LogP) is 10.1. The maximum absolute atomic E-state index is 6.25. The Balaban J connectivity index is 1.07. The molecule has 0 N–H and O–H groups in total. The van der Waals surface area contributed by atoms with Crippen molar-refractivity contribution in [3.05, 3.63) is 152 Å². The Bertz CT molecular complexity index is 2930. The Kier molecular flexibility index (Phi) is 5.79. The Morgan fingerprint density at radius 1 is 0.431 bits per heavy atom. The van der Waals surface area contributed by atoms with Crippen LogP contribution in [0.4, 0.5) is 0 Å². The number of benzene rings is 5. The van der Waals surface area contributed by atoms with Gasteiger partial charge in [0.1, 0.15) is 5.52 Å². The summed E-state index contributed by atoms with van der Waals surface area (Å²) in [6, 6.07) is 46.5. The average Bonchev–Trinajstić information content (AvgIpc) is 3.85. The minimum atomic E-state index is 0.716. The third kappa shape index (κ3) is 4.17. The van der Waals surface area contributed by atoms with Crippen molar-refractivity contribution in [3.8, 4) is 33.9 Å². The maximum Gasteiger partial charge on any atom is 0.153 e. The lowest BCUT2D eigenvalue weighted by molar-refractivity contribution is 0.665. The van der Waals surface area contributed by atoms with E-state index in [1.807, 2.05) is 30.5 Å². The van der Waals surface area contributed by atoms with E-state index in [9.17, 15) is 0 Å². The van der Waals surface area contributed by atoms with Gasteiger partial charge in [0.15, 0.2) is 11.2 Å². The fourth-order valence-corrected chi connectivity index (χ4v) is 7.57. The van der Waals surface area contributed by atoms with Crippen LogP contribution >= 0.6 is 0 Å². The number of rotatable bonds is 4. The summed E-state index contributed by atoms with van der Waals surface area (Å²) in [7, 11) is 0. The molecule has 238 valence electrons. The zero-order valence-electron chi connectivity index (χ0n) is 27.0. The van der Waals surface area contributed by atoms with Gasteiger partial charge in [0.2, 0.25) is 0 Å². The van der Waals surface area contributed by atoms with Gasteiger partial charge < -0.3 is 13.6 Å². The van der Waals surface area contributed by atoms with Crippen LogP contribution in [0.25, 0.3) is 99.6 Å². The lowest BCUT2D eigenvalue weighted by Crippen LogP contribution is -1.95. The first-order valence-electron chi connectivity index (χ1n) is 16.7. The second-order valence-corrected chi connectivity index (χ2v) is 12.7. The van der Waals surface area contributed by atoms with Crippen molar-refractivity contribution in [2.24, 2.45) is 0 Å². The van der Waals surface area contributed by atoms with Gasteiger partial charge in [-0.1, -0.05) is 72.8 Å². The largest absolute Gasteiger partial charge is 0.453 e. The molecule has 11 aromatic rings. The molecular formula is C43H25N7O. The highest BCUT2D eigenvalue weighted by molar-refractivity contribution is 6.11. The zero-order chi connectivity index (χ0) is 33.5. The van der Waals surface area contributed by atoms with Crippen molar-refractivity contribution >= 4 is 65.7 Å². The molecule has 0 radical (unpaired) electrons. The van der Waals surface area contributed by atoms with E-state index in [2.05, 4.69) is 134 Å². The van der Waals surface area contributed by atoms with Crippen molar-refractivity contribution < 1.29 is 4.42 Å². The molecule has 0 bridgehead atoms. The second-order valence-electron chi connectivity index (χ2n) is 12.7. The number of furan rings is 1. The van der Waals surface area contributed by atoms with Crippen LogP contribution in [0.5, 0.6) is 0 Å². The molecule has 0 saturated heterocycles. The van der Waals surface area contributed by atoms with E-state index < -0.39 is 0 Å². The van der Waals surface area contributed by atoms with Crippen LogP contribution in [-0.4, -0.2) is 34.5 Å². The van der Waals surface area contributed by atoms with Crippen molar-refractivity contribution in [1.29, 1.82) is 0 Å². The van der Waals surface area contributed by atoms with Gasteiger partial charge in [0, 0.05) is 49.4 Å². The summed E-state index contributed by atoms with van der Waals surface area (Å²) >= 11 is 0. The first kappa shape index (κ1) is 27.7. The van der Waals surface area contributed by atoms with E-state index in [0.29, 0.717) is 5.58 Å². The number of nitrogens with zero attached hydrogens (tertiary/aromatic N) is 7. The number of hydrogen-bond acceptors (Lipinski definition) is 6. The molecule has 0 aliphatic rings. The predicted molar refractivity (Wildman–Crippen MR) is 202 cm³/mol. The molecule has 0 atom stereocenters. The zero-order valence-corrected chi connectivity index (χ0v) is 27.0. The van der Waals surface area contributed by atoms with Crippen LogP contribution in [0, 0.1) is 0 Å². The molecule has 0 saturated carbocycles. The van der Waals surface area contributed by atoms with Gasteiger partial charge in [0.05, 0.1) is 52.0 Å². The van der Waals surface area contributed by atoms with Crippen LogP contribution in [-0.2, 0) is 0 Å². The molecule has 0 aliphatic heterocycles. The van der Waals surface area contributed by atoms with Gasteiger partial charge in [-0.2, -0.15) is 0 Å².